The molecule has 0 aliphatic carbocycles. The quantitative estimate of drug-likeness (QED) is 0.893. The Morgan fingerprint density at radius 2 is 2.11 bits per heavy atom. The van der Waals surface area contributed by atoms with Crippen molar-refractivity contribution in [3.8, 4) is 0 Å². The van der Waals surface area contributed by atoms with Gasteiger partial charge < -0.3 is 10.6 Å². The van der Waals surface area contributed by atoms with E-state index < -0.39 is 0 Å². The van der Waals surface area contributed by atoms with Crippen LogP contribution in [0.4, 0.5) is 5.69 Å². The first-order valence-corrected chi connectivity index (χ1v) is 7.39. The van der Waals surface area contributed by atoms with Crippen molar-refractivity contribution in [1.82, 2.24) is 10.2 Å². The first kappa shape index (κ1) is 14.5. The standard InChI is InChI=1S/C14H20BrN3O/c1-10-3-4-12(9-13(10)15)17-14(19)11(2)18-7-5-16-6-8-18/h3-4,9,11,16H,5-8H2,1-2H3,(H,17,19). The smallest absolute Gasteiger partial charge is 0.241 e. The van der Waals surface area contributed by atoms with Crippen molar-refractivity contribution < 1.29 is 4.79 Å². The number of carbonyl (C=O) groups is 1. The third-order valence-corrected chi connectivity index (χ3v) is 4.37. The van der Waals surface area contributed by atoms with E-state index in [1.165, 1.54) is 0 Å². The van der Waals surface area contributed by atoms with Crippen molar-refractivity contribution in [2.75, 3.05) is 31.5 Å². The van der Waals surface area contributed by atoms with Gasteiger partial charge in [-0.3, -0.25) is 9.69 Å². The van der Waals surface area contributed by atoms with E-state index in [1.54, 1.807) is 0 Å². The molecule has 0 aromatic heterocycles. The largest absolute Gasteiger partial charge is 0.325 e. The summed E-state index contributed by atoms with van der Waals surface area (Å²) in [4.78, 5) is 14.4. The minimum atomic E-state index is -0.0952. The molecular formula is C14H20BrN3O. The Labute approximate surface area is 122 Å². The molecule has 2 rings (SSSR count). The summed E-state index contributed by atoms with van der Waals surface area (Å²) in [5.74, 6) is 0.0534. The van der Waals surface area contributed by atoms with Gasteiger partial charge in [-0.25, -0.2) is 0 Å². The van der Waals surface area contributed by atoms with Gasteiger partial charge in [0, 0.05) is 36.3 Å². The lowest BCUT2D eigenvalue weighted by Crippen LogP contribution is -2.51. The summed E-state index contributed by atoms with van der Waals surface area (Å²) in [5, 5.41) is 6.27. The van der Waals surface area contributed by atoms with Crippen LogP contribution in [0.1, 0.15) is 12.5 Å². The Bertz CT molecular complexity index is 458. The van der Waals surface area contributed by atoms with Crippen LogP contribution >= 0.6 is 15.9 Å². The molecule has 1 amide bonds. The minimum absolute atomic E-state index is 0.0534. The predicted molar refractivity (Wildman–Crippen MR) is 81.4 cm³/mol. The van der Waals surface area contributed by atoms with Gasteiger partial charge in [0.25, 0.3) is 0 Å². The zero-order valence-corrected chi connectivity index (χ0v) is 13.0. The molecular weight excluding hydrogens is 306 g/mol. The molecule has 1 aromatic carbocycles. The molecule has 104 valence electrons. The summed E-state index contributed by atoms with van der Waals surface area (Å²) in [5.41, 5.74) is 2.00. The van der Waals surface area contributed by atoms with Gasteiger partial charge in [-0.05, 0) is 31.5 Å². The second-order valence-electron chi connectivity index (χ2n) is 4.92. The number of aryl methyl sites for hydroxylation is 1. The Morgan fingerprint density at radius 3 is 2.74 bits per heavy atom. The Kier molecular flexibility index (Phi) is 4.96. The van der Waals surface area contributed by atoms with Gasteiger partial charge in [0.2, 0.25) is 5.91 Å². The summed E-state index contributed by atoms with van der Waals surface area (Å²) >= 11 is 3.48. The van der Waals surface area contributed by atoms with Gasteiger partial charge in [-0.15, -0.1) is 0 Å². The third kappa shape index (κ3) is 3.78. The van der Waals surface area contributed by atoms with E-state index in [-0.39, 0.29) is 11.9 Å². The number of amides is 1. The normalized spacial score (nSPS) is 18.1. The van der Waals surface area contributed by atoms with Gasteiger partial charge >= 0.3 is 0 Å². The lowest BCUT2D eigenvalue weighted by Gasteiger charge is -2.31. The number of anilines is 1. The van der Waals surface area contributed by atoms with Crippen molar-refractivity contribution in [3.05, 3.63) is 28.2 Å². The maximum Gasteiger partial charge on any atom is 0.241 e. The summed E-state index contributed by atoms with van der Waals surface area (Å²) in [6.07, 6.45) is 0. The van der Waals surface area contributed by atoms with Crippen LogP contribution in [0, 0.1) is 6.92 Å². The van der Waals surface area contributed by atoms with E-state index in [1.807, 2.05) is 32.0 Å². The SMILES string of the molecule is Cc1ccc(NC(=O)C(C)N2CCNCC2)cc1Br. The van der Waals surface area contributed by atoms with Crippen molar-refractivity contribution >= 4 is 27.5 Å². The Hall–Kier alpha value is -0.910. The number of carbonyl (C=O) groups excluding carboxylic acids is 1. The fraction of sp³-hybridized carbons (Fsp3) is 0.500. The van der Waals surface area contributed by atoms with Crippen LogP contribution in [-0.2, 0) is 4.79 Å². The molecule has 1 unspecified atom stereocenters. The Morgan fingerprint density at radius 1 is 1.42 bits per heavy atom. The molecule has 1 atom stereocenters. The summed E-state index contributed by atoms with van der Waals surface area (Å²) in [7, 11) is 0. The minimum Gasteiger partial charge on any atom is -0.325 e. The number of hydrogen-bond donors (Lipinski definition) is 2. The van der Waals surface area contributed by atoms with Crippen LogP contribution < -0.4 is 10.6 Å². The zero-order chi connectivity index (χ0) is 13.8. The summed E-state index contributed by atoms with van der Waals surface area (Å²) < 4.78 is 1.01. The van der Waals surface area contributed by atoms with E-state index in [4.69, 9.17) is 0 Å². The third-order valence-electron chi connectivity index (χ3n) is 3.52. The van der Waals surface area contributed by atoms with Crippen LogP contribution in [-0.4, -0.2) is 43.0 Å². The summed E-state index contributed by atoms with van der Waals surface area (Å²) in [6.45, 7) is 7.74. The molecule has 0 radical (unpaired) electrons. The van der Waals surface area contributed by atoms with Crippen LogP contribution in [0.25, 0.3) is 0 Å². The molecule has 1 aliphatic rings. The molecule has 19 heavy (non-hydrogen) atoms. The molecule has 1 fully saturated rings. The molecule has 5 heteroatoms. The zero-order valence-electron chi connectivity index (χ0n) is 11.4. The van der Waals surface area contributed by atoms with Gasteiger partial charge in [0.05, 0.1) is 6.04 Å². The number of nitrogens with zero attached hydrogens (tertiary/aromatic N) is 1. The number of benzene rings is 1. The number of nitrogens with one attached hydrogen (secondary N) is 2. The first-order valence-electron chi connectivity index (χ1n) is 6.59. The van der Waals surface area contributed by atoms with E-state index in [0.717, 1.165) is 41.9 Å². The maximum absolute atomic E-state index is 12.2. The topological polar surface area (TPSA) is 44.4 Å². The van der Waals surface area contributed by atoms with Gasteiger partial charge in [0.1, 0.15) is 0 Å². The molecule has 2 N–H and O–H groups in total. The molecule has 1 aromatic rings. The number of halogens is 1. The molecule has 1 aliphatic heterocycles. The predicted octanol–water partition coefficient (Wildman–Crippen LogP) is 1.99. The number of hydrogen-bond acceptors (Lipinski definition) is 3. The molecule has 1 saturated heterocycles. The first-order chi connectivity index (χ1) is 9.08. The highest BCUT2D eigenvalue weighted by molar-refractivity contribution is 9.10. The average Bonchev–Trinajstić information content (AvgIpc) is 2.43. The van der Waals surface area contributed by atoms with E-state index in [0.29, 0.717) is 0 Å². The van der Waals surface area contributed by atoms with Crippen LogP contribution in [0.2, 0.25) is 0 Å². The van der Waals surface area contributed by atoms with Gasteiger partial charge in [0.15, 0.2) is 0 Å². The van der Waals surface area contributed by atoms with Gasteiger partial charge in [-0.1, -0.05) is 22.0 Å². The highest BCUT2D eigenvalue weighted by Gasteiger charge is 2.22. The molecule has 4 nitrogen and oxygen atoms in total. The fourth-order valence-electron chi connectivity index (χ4n) is 2.15. The maximum atomic E-state index is 12.2. The molecule has 0 saturated carbocycles. The van der Waals surface area contributed by atoms with E-state index >= 15 is 0 Å². The van der Waals surface area contributed by atoms with E-state index in [2.05, 4.69) is 31.5 Å². The highest BCUT2D eigenvalue weighted by Crippen LogP contribution is 2.21. The van der Waals surface area contributed by atoms with Crippen LogP contribution in [0.15, 0.2) is 22.7 Å². The molecule has 0 spiro atoms. The lowest BCUT2D eigenvalue weighted by molar-refractivity contribution is -0.120. The fourth-order valence-corrected chi connectivity index (χ4v) is 2.53. The lowest BCUT2D eigenvalue weighted by atomic mass is 10.2. The molecule has 0 bridgehead atoms. The number of rotatable bonds is 3. The number of piperazine rings is 1. The highest BCUT2D eigenvalue weighted by atomic mass is 79.9. The monoisotopic (exact) mass is 325 g/mol. The average molecular weight is 326 g/mol. The second kappa shape index (κ2) is 6.50. The van der Waals surface area contributed by atoms with Gasteiger partial charge in [-0.2, -0.15) is 0 Å². The molecule has 1 heterocycles. The van der Waals surface area contributed by atoms with Crippen LogP contribution in [0.3, 0.4) is 0 Å². The van der Waals surface area contributed by atoms with Crippen molar-refractivity contribution in [3.63, 3.8) is 0 Å². The van der Waals surface area contributed by atoms with Crippen molar-refractivity contribution in [2.24, 2.45) is 0 Å². The summed E-state index contributed by atoms with van der Waals surface area (Å²) in [6, 6.07) is 5.78. The Balaban J connectivity index is 1.97. The van der Waals surface area contributed by atoms with E-state index in [9.17, 15) is 4.79 Å². The van der Waals surface area contributed by atoms with Crippen molar-refractivity contribution in [2.45, 2.75) is 19.9 Å². The van der Waals surface area contributed by atoms with Crippen LogP contribution in [0.5, 0.6) is 0 Å². The van der Waals surface area contributed by atoms with Crippen molar-refractivity contribution in [1.29, 1.82) is 0 Å². The second-order valence-corrected chi connectivity index (χ2v) is 5.77.